The third-order valence-corrected chi connectivity index (χ3v) is 6.40. The van der Waals surface area contributed by atoms with Crippen LogP contribution in [0.15, 0.2) is 24.5 Å². The minimum Gasteiger partial charge on any atom is -0.480 e. The Morgan fingerprint density at radius 3 is 2.12 bits per heavy atom. The van der Waals surface area contributed by atoms with Crippen LogP contribution in [0.25, 0.3) is 0 Å². The average molecular weight is 605 g/mol. The minimum absolute atomic E-state index is 0.00792. The maximum atomic E-state index is 13.1. The van der Waals surface area contributed by atoms with Crippen LogP contribution in [0.5, 0.6) is 0 Å². The molecule has 4 N–H and O–H groups in total. The number of hydrogen-bond donors (Lipinski definition) is 3. The van der Waals surface area contributed by atoms with Crippen molar-refractivity contribution in [3.63, 3.8) is 0 Å². The number of esters is 1. The number of halogens is 3. The van der Waals surface area contributed by atoms with Gasteiger partial charge in [0.25, 0.3) is 0 Å². The summed E-state index contributed by atoms with van der Waals surface area (Å²) in [6.45, 7) is 1.62. The lowest BCUT2D eigenvalue weighted by Gasteiger charge is -2.41. The van der Waals surface area contributed by atoms with Gasteiger partial charge in [-0.1, -0.05) is 0 Å². The van der Waals surface area contributed by atoms with E-state index in [1.165, 1.54) is 0 Å². The highest BCUT2D eigenvalue weighted by Crippen LogP contribution is 2.19. The number of nitrogens with zero attached hydrogens (tertiary/aromatic N) is 5. The Bertz CT molecular complexity index is 1150. The Hall–Kier alpha value is -4.48. The van der Waals surface area contributed by atoms with Gasteiger partial charge in [-0.3, -0.25) is 29.0 Å². The average Bonchev–Trinajstić information content (AvgIpc) is 2.94. The van der Waals surface area contributed by atoms with Crippen molar-refractivity contribution < 1.29 is 56.9 Å². The number of alkyl halides is 3. The van der Waals surface area contributed by atoms with Crippen molar-refractivity contribution in [2.75, 3.05) is 57.8 Å². The summed E-state index contributed by atoms with van der Waals surface area (Å²) in [6.07, 6.45) is -2.36. The van der Waals surface area contributed by atoms with Crippen LogP contribution in [0, 0.1) is 0 Å². The number of hydrogen-bond acceptors (Lipinski definition) is 10. The number of carboxylic acid groups (broad SMARTS) is 2. The first-order valence-electron chi connectivity index (χ1n) is 12.5. The summed E-state index contributed by atoms with van der Waals surface area (Å²) in [7, 11) is 1.15. The molecule has 0 radical (unpaired) electrons. The van der Waals surface area contributed by atoms with Gasteiger partial charge in [-0.25, -0.2) is 4.79 Å². The van der Waals surface area contributed by atoms with Crippen molar-refractivity contribution in [1.29, 1.82) is 0 Å². The molecule has 2 fully saturated rings. The van der Waals surface area contributed by atoms with E-state index in [1.807, 2.05) is 12.1 Å². The second-order valence-electron chi connectivity index (χ2n) is 9.17. The minimum atomic E-state index is -5.08. The Morgan fingerprint density at radius 2 is 1.62 bits per heavy atom. The number of aliphatic carboxylic acids is 2. The predicted octanol–water partition coefficient (Wildman–Crippen LogP) is -1.23. The molecule has 0 spiro atoms. The van der Waals surface area contributed by atoms with Gasteiger partial charge >= 0.3 is 24.1 Å². The molecule has 18 heteroatoms. The molecule has 2 saturated heterocycles. The van der Waals surface area contributed by atoms with Gasteiger partial charge in [0.1, 0.15) is 12.6 Å². The van der Waals surface area contributed by atoms with Crippen LogP contribution in [0.4, 0.5) is 18.9 Å². The van der Waals surface area contributed by atoms with Crippen molar-refractivity contribution in [3.05, 3.63) is 24.5 Å². The number of piperazine rings is 2. The lowest BCUT2D eigenvalue weighted by Crippen LogP contribution is -2.62. The SMILES string of the molecule is COC(=O)C[C@H]1C(=O)N(CC(=O)O)CCN1C(=O)[C@@H](N)CC(=O)N1CCN(c2ccncc2)CC1.O=C(O)C(F)(F)F. The number of nitrogens with two attached hydrogens (primary N) is 1. The third-order valence-electron chi connectivity index (χ3n) is 6.40. The molecule has 1 aromatic heterocycles. The zero-order chi connectivity index (χ0) is 31.6. The van der Waals surface area contributed by atoms with E-state index in [1.54, 1.807) is 17.3 Å². The molecule has 2 aliphatic rings. The predicted molar refractivity (Wildman–Crippen MR) is 136 cm³/mol. The van der Waals surface area contributed by atoms with Crippen molar-refractivity contribution in [1.82, 2.24) is 19.7 Å². The topological polar surface area (TPSA) is 204 Å². The summed E-state index contributed by atoms with van der Waals surface area (Å²) >= 11 is 0. The zero-order valence-corrected chi connectivity index (χ0v) is 22.5. The van der Waals surface area contributed by atoms with E-state index < -0.39 is 60.9 Å². The Labute approximate surface area is 237 Å². The molecule has 3 heterocycles. The number of aromatic nitrogens is 1. The summed E-state index contributed by atoms with van der Waals surface area (Å²) in [6, 6.07) is 1.34. The highest BCUT2D eigenvalue weighted by atomic mass is 19.4. The normalized spacial score (nSPS) is 18.0. The van der Waals surface area contributed by atoms with E-state index in [9.17, 15) is 37.1 Å². The molecule has 1 aromatic rings. The molecule has 0 bridgehead atoms. The Kier molecular flexibility index (Phi) is 12.0. The van der Waals surface area contributed by atoms with Gasteiger partial charge in [0.2, 0.25) is 17.7 Å². The zero-order valence-electron chi connectivity index (χ0n) is 22.5. The van der Waals surface area contributed by atoms with Crippen molar-refractivity contribution in [2.45, 2.75) is 31.1 Å². The van der Waals surface area contributed by atoms with Gasteiger partial charge in [-0.2, -0.15) is 13.2 Å². The number of pyridine rings is 1. The van der Waals surface area contributed by atoms with Gasteiger partial charge in [0.05, 0.1) is 26.0 Å². The number of amides is 3. The second-order valence-corrected chi connectivity index (χ2v) is 9.17. The van der Waals surface area contributed by atoms with E-state index in [-0.39, 0.29) is 25.4 Å². The fourth-order valence-corrected chi connectivity index (χ4v) is 4.25. The molecule has 3 rings (SSSR count). The monoisotopic (exact) mass is 604 g/mol. The van der Waals surface area contributed by atoms with Crippen LogP contribution in [0.2, 0.25) is 0 Å². The lowest BCUT2D eigenvalue weighted by molar-refractivity contribution is -0.192. The number of methoxy groups -OCH3 is 1. The number of ether oxygens (including phenoxy) is 1. The molecule has 0 aromatic carbocycles. The van der Waals surface area contributed by atoms with Crippen LogP contribution in [0.1, 0.15) is 12.8 Å². The third kappa shape index (κ3) is 9.57. The number of carboxylic acids is 2. The number of rotatable bonds is 8. The Balaban J connectivity index is 0.000000782. The van der Waals surface area contributed by atoms with E-state index in [0.29, 0.717) is 26.2 Å². The molecule has 232 valence electrons. The van der Waals surface area contributed by atoms with Crippen LogP contribution in [0.3, 0.4) is 0 Å². The molecule has 15 nitrogen and oxygen atoms in total. The van der Waals surface area contributed by atoms with E-state index in [4.69, 9.17) is 20.7 Å². The second kappa shape index (κ2) is 14.9. The van der Waals surface area contributed by atoms with Crippen molar-refractivity contribution >= 4 is 41.3 Å². The maximum Gasteiger partial charge on any atom is 0.490 e. The van der Waals surface area contributed by atoms with Gasteiger partial charge in [-0.05, 0) is 12.1 Å². The largest absolute Gasteiger partial charge is 0.490 e. The fraction of sp³-hybridized carbons (Fsp3) is 0.542. The smallest absolute Gasteiger partial charge is 0.480 e. The molecular weight excluding hydrogens is 573 g/mol. The summed E-state index contributed by atoms with van der Waals surface area (Å²) < 4.78 is 36.4. The highest BCUT2D eigenvalue weighted by Gasteiger charge is 2.41. The summed E-state index contributed by atoms with van der Waals surface area (Å²) in [4.78, 5) is 80.5. The number of carbonyl (C=O) groups excluding carboxylic acids is 4. The molecule has 3 amide bonds. The van der Waals surface area contributed by atoms with Crippen LogP contribution in [-0.4, -0.2) is 137 Å². The molecular formula is C24H31F3N6O9. The quantitative estimate of drug-likeness (QED) is 0.299. The first kappa shape index (κ1) is 33.7. The molecule has 0 saturated carbocycles. The maximum absolute atomic E-state index is 13.1. The Morgan fingerprint density at radius 1 is 1.05 bits per heavy atom. The fourth-order valence-electron chi connectivity index (χ4n) is 4.25. The van der Waals surface area contributed by atoms with Crippen LogP contribution >= 0.6 is 0 Å². The number of carbonyl (C=O) groups is 6. The first-order chi connectivity index (χ1) is 19.6. The summed E-state index contributed by atoms with van der Waals surface area (Å²) in [5, 5.41) is 16.2. The summed E-state index contributed by atoms with van der Waals surface area (Å²) in [5.41, 5.74) is 7.09. The van der Waals surface area contributed by atoms with Crippen LogP contribution in [-0.2, 0) is 33.5 Å². The van der Waals surface area contributed by atoms with E-state index in [2.05, 4.69) is 14.6 Å². The van der Waals surface area contributed by atoms with Gasteiger partial charge in [0.15, 0.2) is 0 Å². The first-order valence-corrected chi connectivity index (χ1v) is 12.5. The standard InChI is InChI=1S/C22H30N6O7.C2HF3O2/c1-35-20(32)13-17-22(34)27(14-19(30)31)10-11-28(17)21(33)16(23)12-18(29)26-8-6-25(7-9-26)15-2-4-24-5-3-15;3-2(4,5)1(6)7/h2-5,16-17H,6-14,23H2,1H3,(H,30,31);(H,6,7)/t16-,17-;/m0./s1. The lowest BCUT2D eigenvalue weighted by atomic mass is 10.0. The van der Waals surface area contributed by atoms with Crippen molar-refractivity contribution in [2.24, 2.45) is 5.73 Å². The van der Waals surface area contributed by atoms with Crippen LogP contribution < -0.4 is 10.6 Å². The molecule has 2 aliphatic heterocycles. The molecule has 0 unspecified atom stereocenters. The van der Waals surface area contributed by atoms with E-state index >= 15 is 0 Å². The molecule has 42 heavy (non-hydrogen) atoms. The molecule has 2 atom stereocenters. The molecule has 0 aliphatic carbocycles. The van der Waals surface area contributed by atoms with E-state index in [0.717, 1.165) is 22.6 Å². The van der Waals surface area contributed by atoms with Gasteiger partial charge in [0, 0.05) is 57.3 Å². The summed E-state index contributed by atoms with van der Waals surface area (Å²) in [5.74, 6) is -6.29. The van der Waals surface area contributed by atoms with Gasteiger partial charge < -0.3 is 40.3 Å². The van der Waals surface area contributed by atoms with Gasteiger partial charge in [-0.15, -0.1) is 0 Å². The highest BCUT2D eigenvalue weighted by molar-refractivity contribution is 5.96. The van der Waals surface area contributed by atoms with Crippen molar-refractivity contribution in [3.8, 4) is 0 Å². The number of anilines is 1.